The van der Waals surface area contributed by atoms with E-state index in [9.17, 15) is 0 Å². The predicted octanol–water partition coefficient (Wildman–Crippen LogP) is 4.14. The summed E-state index contributed by atoms with van der Waals surface area (Å²) in [5.74, 6) is 0.765. The Balaban J connectivity index is 2.08. The van der Waals surface area contributed by atoms with Crippen LogP contribution in [0.1, 0.15) is 0 Å². The molecule has 0 aliphatic carbocycles. The van der Waals surface area contributed by atoms with Crippen LogP contribution in [-0.2, 0) is 0 Å². The molecular weight excluding hydrogens is 290 g/mol. The van der Waals surface area contributed by atoms with Crippen molar-refractivity contribution in [1.29, 1.82) is 0 Å². The SMILES string of the molecule is Brc1cncnc1Nc1cccc2ccccc12. The minimum absolute atomic E-state index is 0.765. The zero-order chi connectivity index (χ0) is 12.4. The molecule has 3 nitrogen and oxygen atoms in total. The van der Waals surface area contributed by atoms with E-state index in [4.69, 9.17) is 0 Å². The van der Waals surface area contributed by atoms with E-state index in [0.29, 0.717) is 0 Å². The van der Waals surface area contributed by atoms with E-state index in [2.05, 4.69) is 49.4 Å². The highest BCUT2D eigenvalue weighted by Gasteiger charge is 2.04. The van der Waals surface area contributed by atoms with Crippen molar-refractivity contribution in [2.45, 2.75) is 0 Å². The quantitative estimate of drug-likeness (QED) is 0.773. The summed E-state index contributed by atoms with van der Waals surface area (Å²) in [4.78, 5) is 8.16. The van der Waals surface area contributed by atoms with Gasteiger partial charge in [0.25, 0.3) is 0 Å². The average molecular weight is 300 g/mol. The van der Waals surface area contributed by atoms with Gasteiger partial charge in [-0.3, -0.25) is 0 Å². The third-order valence-electron chi connectivity index (χ3n) is 2.71. The monoisotopic (exact) mass is 299 g/mol. The van der Waals surface area contributed by atoms with E-state index in [1.54, 1.807) is 6.20 Å². The molecular formula is C14H10BrN3. The number of nitrogens with one attached hydrogen (secondary N) is 1. The van der Waals surface area contributed by atoms with Crippen LogP contribution in [-0.4, -0.2) is 9.97 Å². The molecule has 4 heteroatoms. The van der Waals surface area contributed by atoms with Gasteiger partial charge in [0.1, 0.15) is 12.1 Å². The maximum absolute atomic E-state index is 4.21. The third-order valence-corrected chi connectivity index (χ3v) is 3.29. The van der Waals surface area contributed by atoms with Gasteiger partial charge in [0.2, 0.25) is 0 Å². The summed E-state index contributed by atoms with van der Waals surface area (Å²) in [6, 6.07) is 14.4. The van der Waals surface area contributed by atoms with Crippen molar-refractivity contribution in [2.24, 2.45) is 0 Å². The molecule has 3 rings (SSSR count). The van der Waals surface area contributed by atoms with Crippen LogP contribution in [0.25, 0.3) is 10.8 Å². The van der Waals surface area contributed by atoms with Gasteiger partial charge in [-0.2, -0.15) is 0 Å². The van der Waals surface area contributed by atoms with E-state index in [0.717, 1.165) is 16.0 Å². The van der Waals surface area contributed by atoms with Crippen molar-refractivity contribution < 1.29 is 0 Å². The molecule has 2 aromatic carbocycles. The van der Waals surface area contributed by atoms with Gasteiger partial charge in [-0.1, -0.05) is 36.4 Å². The van der Waals surface area contributed by atoms with Gasteiger partial charge in [0.15, 0.2) is 0 Å². The van der Waals surface area contributed by atoms with Crippen LogP contribution in [0.4, 0.5) is 11.5 Å². The molecule has 1 heterocycles. The normalized spacial score (nSPS) is 10.5. The molecule has 0 radical (unpaired) electrons. The van der Waals surface area contributed by atoms with Gasteiger partial charge in [0.05, 0.1) is 4.47 Å². The molecule has 0 fully saturated rings. The third kappa shape index (κ3) is 2.07. The van der Waals surface area contributed by atoms with Crippen molar-refractivity contribution >= 4 is 38.2 Å². The lowest BCUT2D eigenvalue weighted by atomic mass is 10.1. The van der Waals surface area contributed by atoms with E-state index in [1.165, 1.54) is 17.1 Å². The lowest BCUT2D eigenvalue weighted by molar-refractivity contribution is 1.15. The molecule has 0 saturated heterocycles. The topological polar surface area (TPSA) is 37.8 Å². The van der Waals surface area contributed by atoms with Crippen LogP contribution >= 0.6 is 15.9 Å². The largest absolute Gasteiger partial charge is 0.339 e. The van der Waals surface area contributed by atoms with Gasteiger partial charge in [-0.15, -0.1) is 0 Å². The Morgan fingerprint density at radius 3 is 2.72 bits per heavy atom. The zero-order valence-electron chi connectivity index (χ0n) is 9.47. The first-order chi connectivity index (χ1) is 8.84. The summed E-state index contributed by atoms with van der Waals surface area (Å²) in [6.07, 6.45) is 3.25. The lowest BCUT2D eigenvalue weighted by Gasteiger charge is -2.09. The standard InChI is InChI=1S/C14H10BrN3/c15-12-8-16-9-17-14(12)18-13-7-3-5-10-4-1-2-6-11(10)13/h1-9H,(H,16,17,18). The molecule has 0 aliphatic heterocycles. The van der Waals surface area contributed by atoms with Crippen molar-refractivity contribution in [3.8, 4) is 0 Å². The highest BCUT2D eigenvalue weighted by atomic mass is 79.9. The Morgan fingerprint density at radius 1 is 1.00 bits per heavy atom. The number of aromatic nitrogens is 2. The Bertz CT molecular complexity index is 692. The number of benzene rings is 2. The molecule has 1 aromatic heterocycles. The summed E-state index contributed by atoms with van der Waals surface area (Å²) in [6.45, 7) is 0. The fourth-order valence-corrected chi connectivity index (χ4v) is 2.19. The molecule has 88 valence electrons. The Morgan fingerprint density at radius 2 is 1.83 bits per heavy atom. The van der Waals surface area contributed by atoms with Gasteiger partial charge in [-0.05, 0) is 27.4 Å². The van der Waals surface area contributed by atoms with Gasteiger partial charge < -0.3 is 5.32 Å². The Kier molecular flexibility index (Phi) is 2.94. The second kappa shape index (κ2) is 4.74. The smallest absolute Gasteiger partial charge is 0.148 e. The summed E-state index contributed by atoms with van der Waals surface area (Å²) in [7, 11) is 0. The van der Waals surface area contributed by atoms with Gasteiger partial charge >= 0.3 is 0 Å². The van der Waals surface area contributed by atoms with E-state index >= 15 is 0 Å². The Hall–Kier alpha value is -1.94. The minimum atomic E-state index is 0.765. The average Bonchev–Trinajstić information content (AvgIpc) is 2.42. The highest BCUT2D eigenvalue weighted by Crippen LogP contribution is 2.28. The van der Waals surface area contributed by atoms with Crippen LogP contribution in [0, 0.1) is 0 Å². The molecule has 0 spiro atoms. The summed E-state index contributed by atoms with van der Waals surface area (Å²) in [5, 5.41) is 5.69. The number of rotatable bonds is 2. The molecule has 0 saturated carbocycles. The van der Waals surface area contributed by atoms with Crippen LogP contribution in [0.5, 0.6) is 0 Å². The fraction of sp³-hybridized carbons (Fsp3) is 0. The first-order valence-electron chi connectivity index (χ1n) is 5.55. The number of hydrogen-bond acceptors (Lipinski definition) is 3. The first kappa shape index (κ1) is 11.2. The van der Waals surface area contributed by atoms with Crippen LogP contribution < -0.4 is 5.32 Å². The maximum Gasteiger partial charge on any atom is 0.148 e. The second-order valence-corrected chi connectivity index (χ2v) is 4.73. The Labute approximate surface area is 113 Å². The lowest BCUT2D eigenvalue weighted by Crippen LogP contribution is -1.95. The van der Waals surface area contributed by atoms with Crippen molar-refractivity contribution in [1.82, 2.24) is 9.97 Å². The molecule has 0 aliphatic rings. The summed E-state index contributed by atoms with van der Waals surface area (Å²) in [5.41, 5.74) is 1.03. The second-order valence-electron chi connectivity index (χ2n) is 3.87. The highest BCUT2D eigenvalue weighted by molar-refractivity contribution is 9.10. The molecule has 3 aromatic rings. The fourth-order valence-electron chi connectivity index (χ4n) is 1.87. The van der Waals surface area contributed by atoms with Gasteiger partial charge in [0, 0.05) is 17.3 Å². The number of hydrogen-bond donors (Lipinski definition) is 1. The van der Waals surface area contributed by atoms with Crippen LogP contribution in [0.15, 0.2) is 59.5 Å². The minimum Gasteiger partial charge on any atom is -0.339 e. The van der Waals surface area contributed by atoms with E-state index < -0.39 is 0 Å². The molecule has 0 amide bonds. The number of fused-ring (bicyclic) bond motifs is 1. The molecule has 1 N–H and O–H groups in total. The number of halogens is 1. The molecule has 0 unspecified atom stereocenters. The molecule has 0 bridgehead atoms. The number of anilines is 2. The maximum atomic E-state index is 4.21. The van der Waals surface area contributed by atoms with Crippen molar-refractivity contribution in [3.05, 3.63) is 59.5 Å². The first-order valence-corrected chi connectivity index (χ1v) is 6.34. The zero-order valence-corrected chi connectivity index (χ0v) is 11.1. The van der Waals surface area contributed by atoms with Crippen molar-refractivity contribution in [2.75, 3.05) is 5.32 Å². The summed E-state index contributed by atoms with van der Waals surface area (Å²) < 4.78 is 0.845. The van der Waals surface area contributed by atoms with E-state index in [-0.39, 0.29) is 0 Å². The van der Waals surface area contributed by atoms with Crippen molar-refractivity contribution in [3.63, 3.8) is 0 Å². The van der Waals surface area contributed by atoms with E-state index in [1.807, 2.05) is 24.3 Å². The molecule has 0 atom stereocenters. The number of nitrogens with zero attached hydrogens (tertiary/aromatic N) is 2. The molecule has 18 heavy (non-hydrogen) atoms. The van der Waals surface area contributed by atoms with Crippen LogP contribution in [0.2, 0.25) is 0 Å². The van der Waals surface area contributed by atoms with Gasteiger partial charge in [-0.25, -0.2) is 9.97 Å². The van der Waals surface area contributed by atoms with Crippen LogP contribution in [0.3, 0.4) is 0 Å². The predicted molar refractivity (Wildman–Crippen MR) is 77.0 cm³/mol. The summed E-state index contributed by atoms with van der Waals surface area (Å²) >= 11 is 3.43.